The Morgan fingerprint density at radius 3 is 2.10 bits per heavy atom. The van der Waals surface area contributed by atoms with Gasteiger partial charge in [-0.15, -0.1) is 0 Å². The number of hydrogen-bond donors (Lipinski definition) is 1. The molecule has 20 heavy (non-hydrogen) atoms. The molecule has 0 aliphatic rings. The van der Waals surface area contributed by atoms with Crippen molar-refractivity contribution >= 4 is 0 Å². The molecule has 1 N–H and O–H groups in total. The molecule has 0 saturated heterocycles. The molecule has 2 aromatic rings. The van der Waals surface area contributed by atoms with Gasteiger partial charge in [-0.05, 0) is 53.1 Å². The Morgan fingerprint density at radius 2 is 1.55 bits per heavy atom. The van der Waals surface area contributed by atoms with E-state index >= 15 is 0 Å². The van der Waals surface area contributed by atoms with E-state index in [1.165, 1.54) is 29.5 Å². The van der Waals surface area contributed by atoms with E-state index in [2.05, 4.69) is 45.9 Å². The zero-order valence-corrected chi connectivity index (χ0v) is 12.9. The summed E-state index contributed by atoms with van der Waals surface area (Å²) < 4.78 is 0. The van der Waals surface area contributed by atoms with Gasteiger partial charge in [0.05, 0.1) is 0 Å². The van der Waals surface area contributed by atoms with Crippen LogP contribution in [-0.2, 0) is 5.41 Å². The summed E-state index contributed by atoms with van der Waals surface area (Å²) in [5.74, 6) is 0.311. The Bertz CT molecular complexity index is 579. The van der Waals surface area contributed by atoms with Crippen molar-refractivity contribution in [3.63, 3.8) is 0 Å². The highest BCUT2D eigenvalue weighted by Crippen LogP contribution is 2.33. The third-order valence-corrected chi connectivity index (χ3v) is 4.03. The fraction of sp³-hybridized carbons (Fsp3) is 0.368. The predicted molar refractivity (Wildman–Crippen MR) is 86.2 cm³/mol. The zero-order chi connectivity index (χ0) is 14.8. The van der Waals surface area contributed by atoms with E-state index in [4.69, 9.17) is 0 Å². The lowest BCUT2D eigenvalue weighted by Crippen LogP contribution is -2.18. The monoisotopic (exact) mass is 268 g/mol. The van der Waals surface area contributed by atoms with Crippen LogP contribution < -0.4 is 0 Å². The Balaban J connectivity index is 2.37. The van der Waals surface area contributed by atoms with Gasteiger partial charge in [0.1, 0.15) is 5.75 Å². The molecule has 0 aromatic heterocycles. The van der Waals surface area contributed by atoms with E-state index < -0.39 is 0 Å². The highest BCUT2D eigenvalue weighted by Gasteiger charge is 2.21. The second-order valence-electron chi connectivity index (χ2n) is 6.21. The highest BCUT2D eigenvalue weighted by atomic mass is 16.3. The molecule has 0 bridgehead atoms. The first-order chi connectivity index (χ1) is 9.44. The number of aromatic hydroxyl groups is 1. The van der Waals surface area contributed by atoms with Crippen molar-refractivity contribution in [2.75, 3.05) is 0 Å². The van der Waals surface area contributed by atoms with E-state index in [0.717, 1.165) is 5.56 Å². The first-order valence-electron chi connectivity index (χ1n) is 7.34. The van der Waals surface area contributed by atoms with Crippen LogP contribution in [0, 0.1) is 6.92 Å². The molecule has 106 valence electrons. The maximum atomic E-state index is 9.37. The molecule has 0 saturated carbocycles. The van der Waals surface area contributed by atoms with E-state index in [9.17, 15) is 5.11 Å². The maximum Gasteiger partial charge on any atom is 0.115 e. The van der Waals surface area contributed by atoms with Crippen LogP contribution in [-0.4, -0.2) is 5.11 Å². The normalized spacial score (nSPS) is 11.6. The highest BCUT2D eigenvalue weighted by molar-refractivity contribution is 5.65. The number of phenolic OH excluding ortho intramolecular Hbond substituents is 1. The second-order valence-corrected chi connectivity index (χ2v) is 6.21. The van der Waals surface area contributed by atoms with Crippen molar-refractivity contribution < 1.29 is 5.11 Å². The molecule has 2 aromatic carbocycles. The third-order valence-electron chi connectivity index (χ3n) is 4.03. The number of rotatable bonds is 4. The van der Waals surface area contributed by atoms with Gasteiger partial charge in [-0.25, -0.2) is 0 Å². The molecule has 0 amide bonds. The lowest BCUT2D eigenvalue weighted by molar-refractivity contribution is 0.471. The number of phenols is 1. The van der Waals surface area contributed by atoms with Gasteiger partial charge in [0, 0.05) is 0 Å². The average molecular weight is 268 g/mol. The van der Waals surface area contributed by atoms with Gasteiger partial charge in [0.25, 0.3) is 0 Å². The molecule has 0 aliphatic carbocycles. The first kappa shape index (κ1) is 14.6. The topological polar surface area (TPSA) is 20.2 Å². The van der Waals surface area contributed by atoms with Crippen molar-refractivity contribution in [2.45, 2.75) is 46.0 Å². The Hall–Kier alpha value is -1.76. The fourth-order valence-electron chi connectivity index (χ4n) is 3.02. The van der Waals surface area contributed by atoms with Gasteiger partial charge in [-0.3, -0.25) is 0 Å². The summed E-state index contributed by atoms with van der Waals surface area (Å²) in [6.07, 6.45) is 2.40. The van der Waals surface area contributed by atoms with Crippen LogP contribution in [0.3, 0.4) is 0 Å². The molecular formula is C19H24O. The van der Waals surface area contributed by atoms with Crippen LogP contribution in [0.15, 0.2) is 42.5 Å². The SMILES string of the molecule is CCCC(C)(C)c1ccc(-c2ccc(O)cc2)cc1C. The molecule has 0 fully saturated rings. The number of aryl methyl sites for hydroxylation is 1. The molecule has 0 radical (unpaired) electrons. The fourth-order valence-corrected chi connectivity index (χ4v) is 3.02. The van der Waals surface area contributed by atoms with Crippen molar-refractivity contribution in [2.24, 2.45) is 0 Å². The van der Waals surface area contributed by atoms with Gasteiger partial charge in [-0.2, -0.15) is 0 Å². The molecule has 2 rings (SSSR count). The third kappa shape index (κ3) is 3.04. The van der Waals surface area contributed by atoms with E-state index in [0.29, 0.717) is 5.75 Å². The van der Waals surface area contributed by atoms with Gasteiger partial charge in [0.15, 0.2) is 0 Å². The number of hydrogen-bond acceptors (Lipinski definition) is 1. The minimum atomic E-state index is 0.228. The lowest BCUT2D eigenvalue weighted by atomic mass is 9.78. The average Bonchev–Trinajstić information content (AvgIpc) is 2.39. The van der Waals surface area contributed by atoms with Crippen LogP contribution in [0.1, 0.15) is 44.7 Å². The molecule has 0 unspecified atom stereocenters. The summed E-state index contributed by atoms with van der Waals surface area (Å²) >= 11 is 0. The van der Waals surface area contributed by atoms with Crippen molar-refractivity contribution in [3.05, 3.63) is 53.6 Å². The smallest absolute Gasteiger partial charge is 0.115 e. The van der Waals surface area contributed by atoms with Crippen molar-refractivity contribution in [3.8, 4) is 16.9 Å². The minimum absolute atomic E-state index is 0.228. The largest absolute Gasteiger partial charge is 0.508 e. The molecule has 1 nitrogen and oxygen atoms in total. The first-order valence-corrected chi connectivity index (χ1v) is 7.34. The molecule has 0 spiro atoms. The van der Waals surface area contributed by atoms with Gasteiger partial charge in [-0.1, -0.05) is 57.5 Å². The Morgan fingerprint density at radius 1 is 0.950 bits per heavy atom. The summed E-state index contributed by atoms with van der Waals surface area (Å²) in [6.45, 7) is 9.07. The summed E-state index contributed by atoms with van der Waals surface area (Å²) in [5.41, 5.74) is 5.35. The zero-order valence-electron chi connectivity index (χ0n) is 12.9. The van der Waals surface area contributed by atoms with Crippen LogP contribution in [0.5, 0.6) is 5.75 Å². The Labute approximate surface area is 122 Å². The van der Waals surface area contributed by atoms with Crippen LogP contribution in [0.2, 0.25) is 0 Å². The molecule has 0 heterocycles. The quantitative estimate of drug-likeness (QED) is 0.782. The van der Waals surface area contributed by atoms with Gasteiger partial charge < -0.3 is 5.11 Å². The maximum absolute atomic E-state index is 9.37. The van der Waals surface area contributed by atoms with Gasteiger partial charge >= 0.3 is 0 Å². The minimum Gasteiger partial charge on any atom is -0.508 e. The predicted octanol–water partition coefficient (Wildman–Crippen LogP) is 5.45. The molecule has 1 heteroatoms. The number of benzene rings is 2. The van der Waals surface area contributed by atoms with E-state index in [1.54, 1.807) is 12.1 Å². The summed E-state index contributed by atoms with van der Waals surface area (Å²) in [4.78, 5) is 0. The molecule has 0 aliphatic heterocycles. The van der Waals surface area contributed by atoms with Gasteiger partial charge in [0.2, 0.25) is 0 Å². The Kier molecular flexibility index (Phi) is 4.17. The second kappa shape index (κ2) is 5.70. The van der Waals surface area contributed by atoms with Crippen LogP contribution >= 0.6 is 0 Å². The van der Waals surface area contributed by atoms with E-state index in [1.807, 2.05) is 12.1 Å². The molecule has 0 atom stereocenters. The standard InChI is InChI=1S/C19H24O/c1-5-12-19(3,4)18-11-8-16(13-14(18)2)15-6-9-17(20)10-7-15/h6-11,13,20H,5,12H2,1-4H3. The summed E-state index contributed by atoms with van der Waals surface area (Å²) in [5, 5.41) is 9.37. The van der Waals surface area contributed by atoms with Crippen molar-refractivity contribution in [1.29, 1.82) is 0 Å². The molecular weight excluding hydrogens is 244 g/mol. The summed E-state index contributed by atoms with van der Waals surface area (Å²) in [7, 11) is 0. The lowest BCUT2D eigenvalue weighted by Gasteiger charge is -2.27. The van der Waals surface area contributed by atoms with Crippen LogP contribution in [0.25, 0.3) is 11.1 Å². The summed E-state index contributed by atoms with van der Waals surface area (Å²) in [6, 6.07) is 14.1. The van der Waals surface area contributed by atoms with Crippen LogP contribution in [0.4, 0.5) is 0 Å². The van der Waals surface area contributed by atoms with Crippen molar-refractivity contribution in [1.82, 2.24) is 0 Å². The van der Waals surface area contributed by atoms with E-state index in [-0.39, 0.29) is 5.41 Å².